The van der Waals surface area contributed by atoms with Crippen LogP contribution >= 0.6 is 11.6 Å². The zero-order valence-electron chi connectivity index (χ0n) is 6.22. The van der Waals surface area contributed by atoms with Gasteiger partial charge in [-0.3, -0.25) is 9.59 Å². The Morgan fingerprint density at radius 1 is 1.50 bits per heavy atom. The zero-order valence-corrected chi connectivity index (χ0v) is 6.98. The van der Waals surface area contributed by atoms with Gasteiger partial charge < -0.3 is 4.74 Å². The molecule has 0 aromatic rings. The summed E-state index contributed by atoms with van der Waals surface area (Å²) in [6.45, 7) is 1.34. The lowest BCUT2D eigenvalue weighted by Crippen LogP contribution is -2.18. The highest BCUT2D eigenvalue weighted by atomic mass is 35.5. The number of Topliss-reactive ketones (excluding diaryl/α,β-unsaturated/α-hetero) is 1. The van der Waals surface area contributed by atoms with Gasteiger partial charge in [0.15, 0.2) is 5.56 Å². The minimum atomic E-state index is -3.14. The standard InChI is InChI=1S/C6H7ClF2O3/c1-3(7)12-5(11)2-4(10)6(8)9/h3,6H,2H2,1H3. The van der Waals surface area contributed by atoms with Crippen LogP contribution in [0.25, 0.3) is 0 Å². The minimum Gasteiger partial charge on any atom is -0.446 e. The van der Waals surface area contributed by atoms with Crippen LogP contribution in [0.5, 0.6) is 0 Å². The summed E-state index contributed by atoms with van der Waals surface area (Å²) in [6.07, 6.45) is -4.07. The number of ketones is 1. The number of ether oxygens (including phenoxy) is 1. The van der Waals surface area contributed by atoms with Crippen LogP contribution in [0.2, 0.25) is 0 Å². The Balaban J connectivity index is 3.77. The number of hydrogen-bond acceptors (Lipinski definition) is 3. The van der Waals surface area contributed by atoms with Gasteiger partial charge in [-0.1, -0.05) is 11.6 Å². The molecule has 0 amide bonds. The monoisotopic (exact) mass is 200 g/mol. The van der Waals surface area contributed by atoms with E-state index in [4.69, 9.17) is 11.6 Å². The van der Waals surface area contributed by atoms with Crippen molar-refractivity contribution in [3.05, 3.63) is 0 Å². The number of carbonyl (C=O) groups is 2. The lowest BCUT2D eigenvalue weighted by Gasteiger charge is -2.04. The SMILES string of the molecule is CC(Cl)OC(=O)CC(=O)C(F)F. The number of alkyl halides is 3. The highest BCUT2D eigenvalue weighted by Gasteiger charge is 2.20. The lowest BCUT2D eigenvalue weighted by molar-refractivity contribution is -0.149. The van der Waals surface area contributed by atoms with Gasteiger partial charge >= 0.3 is 5.97 Å². The molecule has 0 bridgehead atoms. The molecule has 70 valence electrons. The molecule has 6 heteroatoms. The van der Waals surface area contributed by atoms with E-state index in [9.17, 15) is 18.4 Å². The molecule has 0 heterocycles. The van der Waals surface area contributed by atoms with E-state index >= 15 is 0 Å². The largest absolute Gasteiger partial charge is 0.446 e. The van der Waals surface area contributed by atoms with Gasteiger partial charge in [-0.2, -0.15) is 0 Å². The molecule has 1 unspecified atom stereocenters. The maximum atomic E-state index is 11.5. The first-order chi connectivity index (χ1) is 5.43. The average Bonchev–Trinajstić information content (AvgIpc) is 1.84. The van der Waals surface area contributed by atoms with Crippen molar-refractivity contribution in [2.75, 3.05) is 0 Å². The molecule has 0 saturated heterocycles. The number of halogens is 3. The van der Waals surface area contributed by atoms with Gasteiger partial charge in [-0.15, -0.1) is 0 Å². The molecule has 0 N–H and O–H groups in total. The molecule has 12 heavy (non-hydrogen) atoms. The van der Waals surface area contributed by atoms with Crippen LogP contribution < -0.4 is 0 Å². The Kier molecular flexibility index (Phi) is 4.73. The minimum absolute atomic E-state index is 0.914. The van der Waals surface area contributed by atoms with Crippen molar-refractivity contribution < 1.29 is 23.1 Å². The highest BCUT2D eigenvalue weighted by Crippen LogP contribution is 2.03. The Morgan fingerprint density at radius 3 is 2.33 bits per heavy atom. The van der Waals surface area contributed by atoms with E-state index in [0.717, 1.165) is 0 Å². The van der Waals surface area contributed by atoms with Crippen LogP contribution in [0.15, 0.2) is 0 Å². The predicted octanol–water partition coefficient (Wildman–Crippen LogP) is 1.34. The summed E-state index contributed by atoms with van der Waals surface area (Å²) in [6, 6.07) is 0. The van der Waals surface area contributed by atoms with E-state index in [1.165, 1.54) is 6.92 Å². The summed E-state index contributed by atoms with van der Waals surface area (Å²) >= 11 is 5.19. The average molecular weight is 201 g/mol. The van der Waals surface area contributed by atoms with Crippen molar-refractivity contribution in [3.8, 4) is 0 Å². The van der Waals surface area contributed by atoms with Gasteiger partial charge in [-0.05, 0) is 6.92 Å². The fourth-order valence-electron chi connectivity index (χ4n) is 0.442. The molecule has 0 aliphatic heterocycles. The van der Waals surface area contributed by atoms with Crippen molar-refractivity contribution in [3.63, 3.8) is 0 Å². The molecule has 0 saturated carbocycles. The summed E-state index contributed by atoms with van der Waals surface area (Å²) in [4.78, 5) is 20.7. The molecule has 0 aromatic carbocycles. The van der Waals surface area contributed by atoms with Crippen LogP contribution in [0, 0.1) is 0 Å². The fourth-order valence-corrected chi connectivity index (χ4v) is 0.542. The van der Waals surface area contributed by atoms with Gasteiger partial charge in [0.05, 0.1) is 0 Å². The molecule has 1 atom stereocenters. The third kappa shape index (κ3) is 5.01. The summed E-state index contributed by atoms with van der Waals surface area (Å²) < 4.78 is 27.3. The molecule has 0 rings (SSSR count). The number of esters is 1. The van der Waals surface area contributed by atoms with Gasteiger partial charge in [0.2, 0.25) is 5.78 Å². The summed E-state index contributed by atoms with van der Waals surface area (Å²) in [5.74, 6) is -2.50. The van der Waals surface area contributed by atoms with Crippen molar-refractivity contribution in [1.82, 2.24) is 0 Å². The fraction of sp³-hybridized carbons (Fsp3) is 0.667. The topological polar surface area (TPSA) is 43.4 Å². The Hall–Kier alpha value is -0.710. The van der Waals surface area contributed by atoms with E-state index in [-0.39, 0.29) is 0 Å². The van der Waals surface area contributed by atoms with Gasteiger partial charge in [-0.25, -0.2) is 8.78 Å². The summed E-state index contributed by atoms with van der Waals surface area (Å²) in [5.41, 5.74) is -0.914. The van der Waals surface area contributed by atoms with E-state index < -0.39 is 30.2 Å². The number of hydrogen-bond donors (Lipinski definition) is 0. The lowest BCUT2D eigenvalue weighted by atomic mass is 10.3. The second kappa shape index (κ2) is 5.03. The first-order valence-corrected chi connectivity index (χ1v) is 3.51. The second-order valence-corrected chi connectivity index (χ2v) is 2.59. The van der Waals surface area contributed by atoms with Crippen molar-refractivity contribution in [1.29, 1.82) is 0 Å². The number of carbonyl (C=O) groups excluding carboxylic acids is 2. The van der Waals surface area contributed by atoms with Crippen molar-refractivity contribution in [2.24, 2.45) is 0 Å². The first-order valence-electron chi connectivity index (χ1n) is 3.08. The quantitative estimate of drug-likeness (QED) is 0.391. The maximum absolute atomic E-state index is 11.5. The molecular formula is C6H7ClF2O3. The first kappa shape index (κ1) is 11.3. The van der Waals surface area contributed by atoms with Gasteiger partial charge in [0, 0.05) is 0 Å². The van der Waals surface area contributed by atoms with Crippen LogP contribution in [-0.2, 0) is 14.3 Å². The van der Waals surface area contributed by atoms with Crippen LogP contribution in [0.1, 0.15) is 13.3 Å². The van der Waals surface area contributed by atoms with E-state index in [2.05, 4.69) is 4.74 Å². The Labute approximate surface area is 72.6 Å². The molecule has 3 nitrogen and oxygen atoms in total. The van der Waals surface area contributed by atoms with E-state index in [1.807, 2.05) is 0 Å². The third-order valence-electron chi connectivity index (χ3n) is 0.856. The molecule has 0 spiro atoms. The molecule has 0 aromatic heterocycles. The van der Waals surface area contributed by atoms with E-state index in [1.54, 1.807) is 0 Å². The van der Waals surface area contributed by atoms with Crippen LogP contribution in [0.4, 0.5) is 8.78 Å². The smallest absolute Gasteiger partial charge is 0.315 e. The third-order valence-corrected chi connectivity index (χ3v) is 0.945. The Bertz CT molecular complexity index is 182. The molecule has 0 radical (unpaired) electrons. The van der Waals surface area contributed by atoms with E-state index in [0.29, 0.717) is 0 Å². The van der Waals surface area contributed by atoms with Crippen molar-refractivity contribution >= 4 is 23.4 Å². The second-order valence-electron chi connectivity index (χ2n) is 1.98. The highest BCUT2D eigenvalue weighted by molar-refractivity contribution is 6.20. The molecule has 0 aliphatic carbocycles. The summed E-state index contributed by atoms with van der Waals surface area (Å²) in [7, 11) is 0. The zero-order chi connectivity index (χ0) is 9.72. The van der Waals surface area contributed by atoms with Gasteiger partial charge in [0.1, 0.15) is 6.42 Å². The molecular weight excluding hydrogens is 194 g/mol. The molecule has 0 aliphatic rings. The normalized spacial score (nSPS) is 12.8. The van der Waals surface area contributed by atoms with Crippen molar-refractivity contribution in [2.45, 2.75) is 25.3 Å². The predicted molar refractivity (Wildman–Crippen MR) is 37.0 cm³/mol. The van der Waals surface area contributed by atoms with Crippen LogP contribution in [0.3, 0.4) is 0 Å². The van der Waals surface area contributed by atoms with Gasteiger partial charge in [0.25, 0.3) is 6.43 Å². The molecule has 0 fully saturated rings. The number of rotatable bonds is 4. The Morgan fingerprint density at radius 2 is 2.00 bits per heavy atom. The maximum Gasteiger partial charge on any atom is 0.315 e. The summed E-state index contributed by atoms with van der Waals surface area (Å²) in [5, 5.41) is 0. The van der Waals surface area contributed by atoms with Crippen LogP contribution in [-0.4, -0.2) is 23.7 Å².